The molecule has 2 N–H and O–H groups in total. The Balaban J connectivity index is 1.96. The summed E-state index contributed by atoms with van der Waals surface area (Å²) in [7, 11) is 0. The van der Waals surface area contributed by atoms with E-state index in [1.807, 2.05) is 6.21 Å². The largest absolute Gasteiger partial charge is 0.329 e. The van der Waals surface area contributed by atoms with Gasteiger partial charge in [0.15, 0.2) is 0 Å². The number of aliphatic imine (C=N–C) groups is 1. The first kappa shape index (κ1) is 14.7. The van der Waals surface area contributed by atoms with E-state index in [0.29, 0.717) is 6.17 Å². The lowest BCUT2D eigenvalue weighted by atomic mass is 10.1. The van der Waals surface area contributed by atoms with Gasteiger partial charge in [-0.05, 0) is 12.8 Å². The fraction of sp³-hybridized carbons (Fsp3) is 0.929. The zero-order chi connectivity index (χ0) is 12.3. The van der Waals surface area contributed by atoms with Gasteiger partial charge in [0.1, 0.15) is 6.17 Å². The number of hydrogen-bond donors (Lipinski definition) is 1. The van der Waals surface area contributed by atoms with Crippen LogP contribution in [0.5, 0.6) is 0 Å². The molecule has 0 saturated carbocycles. The molecule has 0 amide bonds. The van der Waals surface area contributed by atoms with E-state index >= 15 is 0 Å². The first-order valence-corrected chi connectivity index (χ1v) is 7.34. The van der Waals surface area contributed by atoms with Crippen LogP contribution in [0.25, 0.3) is 0 Å². The van der Waals surface area contributed by atoms with Gasteiger partial charge in [0.05, 0.1) is 0 Å². The highest BCUT2D eigenvalue weighted by Crippen LogP contribution is 2.15. The molecule has 0 aromatic rings. The molecule has 17 heavy (non-hydrogen) atoms. The summed E-state index contributed by atoms with van der Waals surface area (Å²) in [5, 5.41) is 0. The van der Waals surface area contributed by atoms with Crippen LogP contribution in [0.4, 0.5) is 0 Å². The van der Waals surface area contributed by atoms with Crippen molar-refractivity contribution in [3.63, 3.8) is 0 Å². The summed E-state index contributed by atoms with van der Waals surface area (Å²) in [6.45, 7) is 5.00. The van der Waals surface area contributed by atoms with Gasteiger partial charge < -0.3 is 5.73 Å². The van der Waals surface area contributed by atoms with Crippen LogP contribution in [0.2, 0.25) is 0 Å². The molecule has 100 valence electrons. The molecule has 0 fully saturated rings. The summed E-state index contributed by atoms with van der Waals surface area (Å²) in [5.41, 5.74) is 5.60. The first-order valence-electron chi connectivity index (χ1n) is 7.34. The van der Waals surface area contributed by atoms with Gasteiger partial charge in [0.25, 0.3) is 0 Å². The van der Waals surface area contributed by atoms with E-state index in [-0.39, 0.29) is 0 Å². The third kappa shape index (κ3) is 6.18. The second-order valence-corrected chi connectivity index (χ2v) is 5.01. The summed E-state index contributed by atoms with van der Waals surface area (Å²) in [6, 6.07) is 0. The van der Waals surface area contributed by atoms with Crippen molar-refractivity contribution in [2.45, 2.75) is 64.5 Å². The molecule has 1 rings (SSSR count). The van der Waals surface area contributed by atoms with Gasteiger partial charge in [-0.1, -0.05) is 45.4 Å². The second-order valence-electron chi connectivity index (χ2n) is 5.01. The van der Waals surface area contributed by atoms with Crippen LogP contribution in [0.1, 0.15) is 58.3 Å². The topological polar surface area (TPSA) is 41.6 Å². The van der Waals surface area contributed by atoms with Gasteiger partial charge >= 0.3 is 0 Å². The SMILES string of the molecule is CCCCCCCCCC1N=CCN1CCN. The van der Waals surface area contributed by atoms with Crippen molar-refractivity contribution in [1.29, 1.82) is 0 Å². The molecule has 0 aromatic carbocycles. The maximum atomic E-state index is 5.60. The van der Waals surface area contributed by atoms with Gasteiger partial charge in [-0.15, -0.1) is 0 Å². The standard InChI is InChI=1S/C14H29N3/c1-2-3-4-5-6-7-8-9-14-16-11-13-17(14)12-10-15/h11,14H,2-10,12-13,15H2,1H3. The van der Waals surface area contributed by atoms with Gasteiger partial charge in [-0.25, -0.2) is 0 Å². The Morgan fingerprint density at radius 2 is 1.88 bits per heavy atom. The fourth-order valence-electron chi connectivity index (χ4n) is 2.44. The van der Waals surface area contributed by atoms with E-state index in [0.717, 1.165) is 19.6 Å². The highest BCUT2D eigenvalue weighted by atomic mass is 15.3. The van der Waals surface area contributed by atoms with Crippen LogP contribution >= 0.6 is 0 Å². The Labute approximate surface area is 106 Å². The zero-order valence-corrected chi connectivity index (χ0v) is 11.4. The minimum absolute atomic E-state index is 0.425. The van der Waals surface area contributed by atoms with Crippen LogP contribution in [0.15, 0.2) is 4.99 Å². The van der Waals surface area contributed by atoms with Crippen molar-refractivity contribution < 1.29 is 0 Å². The van der Waals surface area contributed by atoms with Crippen molar-refractivity contribution in [2.75, 3.05) is 19.6 Å². The molecule has 0 spiro atoms. The summed E-state index contributed by atoms with van der Waals surface area (Å²) in [4.78, 5) is 6.91. The minimum atomic E-state index is 0.425. The van der Waals surface area contributed by atoms with Gasteiger partial charge in [-0.2, -0.15) is 0 Å². The fourth-order valence-corrected chi connectivity index (χ4v) is 2.44. The van der Waals surface area contributed by atoms with Crippen LogP contribution in [0, 0.1) is 0 Å². The molecule has 3 nitrogen and oxygen atoms in total. The molecule has 0 aromatic heterocycles. The van der Waals surface area contributed by atoms with Crippen LogP contribution in [0.3, 0.4) is 0 Å². The van der Waals surface area contributed by atoms with Gasteiger partial charge in [0.2, 0.25) is 0 Å². The van der Waals surface area contributed by atoms with E-state index in [9.17, 15) is 0 Å². The zero-order valence-electron chi connectivity index (χ0n) is 11.4. The molecule has 0 aliphatic carbocycles. The third-order valence-corrected chi connectivity index (χ3v) is 3.50. The number of unbranched alkanes of at least 4 members (excludes halogenated alkanes) is 6. The minimum Gasteiger partial charge on any atom is -0.329 e. The number of hydrogen-bond acceptors (Lipinski definition) is 3. The van der Waals surface area contributed by atoms with Crippen molar-refractivity contribution in [3.8, 4) is 0 Å². The Kier molecular flexibility index (Phi) is 8.28. The Hall–Kier alpha value is -0.410. The highest BCUT2D eigenvalue weighted by molar-refractivity contribution is 5.62. The average Bonchev–Trinajstić information content (AvgIpc) is 2.76. The van der Waals surface area contributed by atoms with E-state index in [1.165, 1.54) is 51.4 Å². The molecule has 1 aliphatic heterocycles. The maximum absolute atomic E-state index is 5.60. The number of nitrogens with two attached hydrogens (primary N) is 1. The average molecular weight is 239 g/mol. The van der Waals surface area contributed by atoms with Crippen molar-refractivity contribution in [2.24, 2.45) is 10.7 Å². The van der Waals surface area contributed by atoms with E-state index < -0.39 is 0 Å². The highest BCUT2D eigenvalue weighted by Gasteiger charge is 2.18. The molecule has 0 bridgehead atoms. The van der Waals surface area contributed by atoms with Crippen LogP contribution in [-0.2, 0) is 0 Å². The number of rotatable bonds is 10. The van der Waals surface area contributed by atoms with E-state index in [1.54, 1.807) is 0 Å². The van der Waals surface area contributed by atoms with Crippen molar-refractivity contribution >= 4 is 6.21 Å². The maximum Gasteiger partial charge on any atom is 0.102 e. The molecule has 1 aliphatic rings. The number of nitrogens with zero attached hydrogens (tertiary/aromatic N) is 2. The van der Waals surface area contributed by atoms with Gasteiger partial charge in [0, 0.05) is 25.8 Å². The van der Waals surface area contributed by atoms with E-state index in [2.05, 4.69) is 16.8 Å². The molecular weight excluding hydrogens is 210 g/mol. The Bertz CT molecular complexity index is 204. The Morgan fingerprint density at radius 3 is 2.59 bits per heavy atom. The van der Waals surface area contributed by atoms with Crippen LogP contribution < -0.4 is 5.73 Å². The molecule has 0 radical (unpaired) electrons. The summed E-state index contributed by atoms with van der Waals surface area (Å²) < 4.78 is 0. The lowest BCUT2D eigenvalue weighted by molar-refractivity contribution is 0.241. The quantitative estimate of drug-likeness (QED) is 0.596. The smallest absolute Gasteiger partial charge is 0.102 e. The normalized spacial score (nSPS) is 20.2. The Morgan fingerprint density at radius 1 is 1.18 bits per heavy atom. The third-order valence-electron chi connectivity index (χ3n) is 3.50. The molecular formula is C14H29N3. The van der Waals surface area contributed by atoms with Crippen molar-refractivity contribution in [1.82, 2.24) is 4.90 Å². The molecule has 3 heteroatoms. The summed E-state index contributed by atoms with van der Waals surface area (Å²) in [5.74, 6) is 0. The predicted molar refractivity (Wildman–Crippen MR) is 75.5 cm³/mol. The molecule has 1 atom stereocenters. The molecule has 1 unspecified atom stereocenters. The summed E-state index contributed by atoms with van der Waals surface area (Å²) in [6.07, 6.45) is 13.3. The van der Waals surface area contributed by atoms with E-state index in [4.69, 9.17) is 5.73 Å². The van der Waals surface area contributed by atoms with Crippen LogP contribution in [-0.4, -0.2) is 36.9 Å². The molecule has 1 heterocycles. The predicted octanol–water partition coefficient (Wildman–Crippen LogP) is 2.80. The lowest BCUT2D eigenvalue weighted by Crippen LogP contribution is -2.34. The second kappa shape index (κ2) is 9.60. The lowest BCUT2D eigenvalue weighted by Gasteiger charge is -2.21. The van der Waals surface area contributed by atoms with Gasteiger partial charge in [-0.3, -0.25) is 9.89 Å². The van der Waals surface area contributed by atoms with Crippen molar-refractivity contribution in [3.05, 3.63) is 0 Å². The summed E-state index contributed by atoms with van der Waals surface area (Å²) >= 11 is 0. The monoisotopic (exact) mass is 239 g/mol. The molecule has 0 saturated heterocycles. The first-order chi connectivity index (χ1) is 8.38.